The van der Waals surface area contributed by atoms with Crippen molar-refractivity contribution in [1.29, 1.82) is 0 Å². The molecule has 3 amide bonds. The van der Waals surface area contributed by atoms with E-state index in [1.54, 1.807) is 18.2 Å². The van der Waals surface area contributed by atoms with Crippen molar-refractivity contribution in [3.05, 3.63) is 64.5 Å². The van der Waals surface area contributed by atoms with Crippen LogP contribution < -0.4 is 16.0 Å². The number of nitrogens with one attached hydrogen (secondary N) is 1. The Bertz CT molecular complexity index is 1010. The molecule has 0 saturated carbocycles. The molecular formula is C21H22F4N4O2. The predicted molar refractivity (Wildman–Crippen MR) is 107 cm³/mol. The van der Waals surface area contributed by atoms with Crippen LogP contribution in [-0.2, 0) is 30.5 Å². The summed E-state index contributed by atoms with van der Waals surface area (Å²) in [6.45, 7) is 0.0227. The highest BCUT2D eigenvalue weighted by molar-refractivity contribution is 6.02. The van der Waals surface area contributed by atoms with Crippen LogP contribution in [0.3, 0.4) is 0 Å². The average molecular weight is 438 g/mol. The molecule has 166 valence electrons. The Morgan fingerprint density at radius 2 is 1.94 bits per heavy atom. The average Bonchev–Trinajstić information content (AvgIpc) is 2.64. The zero-order valence-electron chi connectivity index (χ0n) is 17.0. The summed E-state index contributed by atoms with van der Waals surface area (Å²) in [7, 11) is 3.66. The van der Waals surface area contributed by atoms with E-state index in [0.717, 1.165) is 11.6 Å². The molecule has 2 aromatic rings. The molecule has 6 nitrogen and oxygen atoms in total. The maximum atomic E-state index is 14.4. The quantitative estimate of drug-likeness (QED) is 0.705. The van der Waals surface area contributed by atoms with Crippen LogP contribution in [0, 0.1) is 5.82 Å². The van der Waals surface area contributed by atoms with Gasteiger partial charge in [0.25, 0.3) is 0 Å². The topological polar surface area (TPSA) is 78.7 Å². The van der Waals surface area contributed by atoms with Gasteiger partial charge >= 0.3 is 12.2 Å². The van der Waals surface area contributed by atoms with Gasteiger partial charge in [-0.1, -0.05) is 18.2 Å². The lowest BCUT2D eigenvalue weighted by Gasteiger charge is -2.36. The third kappa shape index (κ3) is 4.96. The number of carbonyl (C=O) groups excluding carboxylic acids is 2. The monoisotopic (exact) mass is 438 g/mol. The van der Waals surface area contributed by atoms with E-state index in [1.165, 1.54) is 4.90 Å². The highest BCUT2D eigenvalue weighted by Gasteiger charge is 2.36. The van der Waals surface area contributed by atoms with Crippen molar-refractivity contribution in [2.24, 2.45) is 5.73 Å². The van der Waals surface area contributed by atoms with E-state index in [1.807, 2.05) is 19.0 Å². The van der Waals surface area contributed by atoms with Crippen molar-refractivity contribution in [3.8, 4) is 0 Å². The molecule has 0 fully saturated rings. The van der Waals surface area contributed by atoms with E-state index < -0.39 is 42.1 Å². The van der Waals surface area contributed by atoms with E-state index in [4.69, 9.17) is 5.73 Å². The maximum Gasteiger partial charge on any atom is 0.416 e. The molecule has 0 saturated heterocycles. The predicted octanol–water partition coefficient (Wildman–Crippen LogP) is 3.03. The van der Waals surface area contributed by atoms with Gasteiger partial charge in [-0.25, -0.2) is 9.18 Å². The standard InChI is InChI=1S/C21H22F4N4O2/c1-28(2)10-13-5-3-4-12-9-17(27-20(26)31)19(30)29(18(12)13)11-14-8-15(21(23,24)25)6-7-16(14)22/h3-8,17H,9-11H2,1-2H3,(H3,26,27,31)/t17-/m1/s1. The number of benzene rings is 2. The van der Waals surface area contributed by atoms with Gasteiger partial charge in [0.15, 0.2) is 0 Å². The highest BCUT2D eigenvalue weighted by atomic mass is 19.4. The number of nitrogens with zero attached hydrogens (tertiary/aromatic N) is 2. The maximum absolute atomic E-state index is 14.4. The molecular weight excluding hydrogens is 416 g/mol. The number of fused-ring (bicyclic) bond motifs is 1. The Kier molecular flexibility index (Phi) is 6.21. The summed E-state index contributed by atoms with van der Waals surface area (Å²) in [6, 6.07) is 5.51. The van der Waals surface area contributed by atoms with Gasteiger partial charge in [0, 0.05) is 18.5 Å². The van der Waals surface area contributed by atoms with Crippen molar-refractivity contribution in [2.75, 3.05) is 19.0 Å². The van der Waals surface area contributed by atoms with Crippen LogP contribution >= 0.6 is 0 Å². The second-order valence-corrected chi connectivity index (χ2v) is 7.66. The number of rotatable bonds is 5. The molecule has 0 bridgehead atoms. The first-order chi connectivity index (χ1) is 14.5. The van der Waals surface area contributed by atoms with Crippen LogP contribution in [0.15, 0.2) is 36.4 Å². The lowest BCUT2D eigenvalue weighted by Crippen LogP contribution is -2.54. The zero-order chi connectivity index (χ0) is 22.9. The van der Waals surface area contributed by atoms with Crippen molar-refractivity contribution in [3.63, 3.8) is 0 Å². The number of alkyl halides is 3. The molecule has 2 aromatic carbocycles. The van der Waals surface area contributed by atoms with Gasteiger partial charge in [-0.2, -0.15) is 13.2 Å². The summed E-state index contributed by atoms with van der Waals surface area (Å²) in [4.78, 5) is 27.6. The number of para-hydroxylation sites is 1. The minimum absolute atomic E-state index is 0.167. The Hall–Kier alpha value is -3.14. The fourth-order valence-corrected chi connectivity index (χ4v) is 3.71. The molecule has 0 aromatic heterocycles. The third-order valence-corrected chi connectivity index (χ3v) is 4.97. The summed E-state index contributed by atoms with van der Waals surface area (Å²) in [5.41, 5.74) is 5.83. The Morgan fingerprint density at radius 1 is 1.23 bits per heavy atom. The molecule has 0 aliphatic carbocycles. The number of hydrogen-bond acceptors (Lipinski definition) is 3. The van der Waals surface area contributed by atoms with Gasteiger partial charge in [-0.3, -0.25) is 4.79 Å². The van der Waals surface area contributed by atoms with Crippen LogP contribution in [-0.4, -0.2) is 37.0 Å². The lowest BCUT2D eigenvalue weighted by atomic mass is 9.93. The molecule has 1 atom stereocenters. The minimum Gasteiger partial charge on any atom is -0.352 e. The summed E-state index contributed by atoms with van der Waals surface area (Å²) in [6.07, 6.45) is -4.49. The smallest absolute Gasteiger partial charge is 0.352 e. The third-order valence-electron chi connectivity index (χ3n) is 4.97. The largest absolute Gasteiger partial charge is 0.416 e. The Morgan fingerprint density at radius 3 is 2.55 bits per heavy atom. The van der Waals surface area contributed by atoms with Gasteiger partial charge in [-0.15, -0.1) is 0 Å². The minimum atomic E-state index is -4.65. The molecule has 10 heteroatoms. The highest BCUT2D eigenvalue weighted by Crippen LogP contribution is 2.35. The first kappa shape index (κ1) is 22.5. The van der Waals surface area contributed by atoms with Gasteiger partial charge in [0.2, 0.25) is 5.91 Å². The number of amides is 3. The van der Waals surface area contributed by atoms with E-state index in [9.17, 15) is 27.2 Å². The molecule has 31 heavy (non-hydrogen) atoms. The molecule has 1 heterocycles. The molecule has 3 rings (SSSR count). The number of primary amides is 1. The molecule has 3 N–H and O–H groups in total. The molecule has 1 aliphatic rings. The number of urea groups is 1. The molecule has 0 spiro atoms. The van der Waals surface area contributed by atoms with Crippen molar-refractivity contribution in [2.45, 2.75) is 31.7 Å². The number of nitrogens with two attached hydrogens (primary N) is 1. The number of halogens is 4. The summed E-state index contributed by atoms with van der Waals surface area (Å²) in [5, 5.41) is 2.36. The summed E-state index contributed by atoms with van der Waals surface area (Å²) >= 11 is 0. The fraction of sp³-hybridized carbons (Fsp3) is 0.333. The normalized spacial score (nSPS) is 16.4. The SMILES string of the molecule is CN(C)Cc1cccc2c1N(Cc1cc(C(F)(F)F)ccc1F)C(=O)[C@H](NC(N)=O)C2. The summed E-state index contributed by atoms with van der Waals surface area (Å²) in [5.74, 6) is -1.44. The fourth-order valence-electron chi connectivity index (χ4n) is 3.71. The number of carbonyl (C=O) groups is 2. The lowest BCUT2D eigenvalue weighted by molar-refractivity contribution is -0.137. The van der Waals surface area contributed by atoms with Crippen LogP contribution in [0.5, 0.6) is 0 Å². The van der Waals surface area contributed by atoms with Crippen LogP contribution in [0.1, 0.15) is 22.3 Å². The van der Waals surface area contributed by atoms with Crippen LogP contribution in [0.25, 0.3) is 0 Å². The Balaban J connectivity index is 2.09. The Labute approximate surface area is 176 Å². The van der Waals surface area contributed by atoms with Gasteiger partial charge in [-0.05, 0) is 43.4 Å². The molecule has 0 unspecified atom stereocenters. The molecule has 1 aliphatic heterocycles. The van der Waals surface area contributed by atoms with E-state index in [0.29, 0.717) is 29.9 Å². The first-order valence-corrected chi connectivity index (χ1v) is 9.46. The van der Waals surface area contributed by atoms with Crippen molar-refractivity contribution in [1.82, 2.24) is 10.2 Å². The number of anilines is 1. The van der Waals surface area contributed by atoms with E-state index in [2.05, 4.69) is 5.32 Å². The van der Waals surface area contributed by atoms with Gasteiger partial charge < -0.3 is 20.9 Å². The van der Waals surface area contributed by atoms with E-state index in [-0.39, 0.29) is 12.0 Å². The van der Waals surface area contributed by atoms with Crippen molar-refractivity contribution >= 4 is 17.6 Å². The number of hydrogen-bond donors (Lipinski definition) is 2. The van der Waals surface area contributed by atoms with Gasteiger partial charge in [0.1, 0.15) is 11.9 Å². The van der Waals surface area contributed by atoms with Crippen molar-refractivity contribution < 1.29 is 27.2 Å². The zero-order valence-corrected chi connectivity index (χ0v) is 17.0. The van der Waals surface area contributed by atoms with E-state index >= 15 is 0 Å². The second-order valence-electron chi connectivity index (χ2n) is 7.66. The van der Waals surface area contributed by atoms with Gasteiger partial charge in [0.05, 0.1) is 17.8 Å². The summed E-state index contributed by atoms with van der Waals surface area (Å²) < 4.78 is 53.8. The molecule has 0 radical (unpaired) electrons. The second kappa shape index (κ2) is 8.54. The van der Waals surface area contributed by atoms with Crippen LogP contribution in [0.2, 0.25) is 0 Å². The first-order valence-electron chi connectivity index (χ1n) is 9.46. The van der Waals surface area contributed by atoms with Crippen LogP contribution in [0.4, 0.5) is 28.0 Å².